The highest BCUT2D eigenvalue weighted by atomic mass is 16.4. The molecule has 0 aromatic heterocycles. The molecule has 4 N–H and O–H groups in total. The molecule has 0 saturated carbocycles. The number of aromatic carboxylic acids is 2. The monoisotopic (exact) mass is 358 g/mol. The summed E-state index contributed by atoms with van der Waals surface area (Å²) < 4.78 is 0. The second kappa shape index (κ2) is 11.6. The van der Waals surface area contributed by atoms with Gasteiger partial charge in [0.15, 0.2) is 0 Å². The summed E-state index contributed by atoms with van der Waals surface area (Å²) in [5, 5.41) is 33.7. The molecule has 0 spiro atoms. The molecule has 6 nitrogen and oxygen atoms in total. The Morgan fingerprint density at radius 2 is 0.962 bits per heavy atom. The second-order valence-electron chi connectivity index (χ2n) is 5.34. The molecular formula is C20H22O6. The number of unbranched alkanes of at least 4 members (excludes halogenated alkanes) is 1. The number of aliphatic hydroxyl groups is 2. The maximum Gasteiger partial charge on any atom is 0.335 e. The van der Waals surface area contributed by atoms with Crippen LogP contribution in [-0.4, -0.2) is 45.6 Å². The average Bonchev–Trinajstić information content (AvgIpc) is 2.66. The quantitative estimate of drug-likeness (QED) is 0.447. The fourth-order valence-electron chi connectivity index (χ4n) is 1.89. The lowest BCUT2D eigenvalue weighted by molar-refractivity contribution is 0.0686. The van der Waals surface area contributed by atoms with Gasteiger partial charge in [-0.3, -0.25) is 0 Å². The minimum atomic E-state index is -0.954. The highest BCUT2D eigenvalue weighted by Gasteiger charge is 2.01. The fourth-order valence-corrected chi connectivity index (χ4v) is 1.89. The summed E-state index contributed by atoms with van der Waals surface area (Å²) in [6.45, 7) is 0.390. The lowest BCUT2D eigenvalue weighted by Crippen LogP contribution is -1.95. The van der Waals surface area contributed by atoms with Gasteiger partial charge in [-0.25, -0.2) is 9.59 Å². The highest BCUT2D eigenvalue weighted by molar-refractivity contribution is 5.88. The van der Waals surface area contributed by atoms with E-state index in [2.05, 4.69) is 0 Å². The molecule has 0 atom stereocenters. The maximum absolute atomic E-state index is 10.7. The van der Waals surface area contributed by atoms with E-state index in [1.54, 1.807) is 24.3 Å². The first-order valence-electron chi connectivity index (χ1n) is 8.04. The Balaban J connectivity index is 0.000000487. The van der Waals surface area contributed by atoms with E-state index in [1.165, 1.54) is 24.3 Å². The molecule has 6 heteroatoms. The molecule has 138 valence electrons. The zero-order valence-electron chi connectivity index (χ0n) is 14.2. The van der Waals surface area contributed by atoms with E-state index < -0.39 is 11.9 Å². The third-order valence-electron chi connectivity index (χ3n) is 3.35. The molecule has 0 aliphatic rings. The van der Waals surface area contributed by atoms with Crippen molar-refractivity contribution in [3.63, 3.8) is 0 Å². The molecule has 0 bridgehead atoms. The minimum Gasteiger partial charge on any atom is -0.478 e. The van der Waals surface area contributed by atoms with Gasteiger partial charge in [0.1, 0.15) is 0 Å². The molecule has 0 aliphatic heterocycles. The van der Waals surface area contributed by atoms with Gasteiger partial charge in [0.2, 0.25) is 0 Å². The van der Waals surface area contributed by atoms with Crippen molar-refractivity contribution in [2.75, 3.05) is 13.2 Å². The van der Waals surface area contributed by atoms with E-state index >= 15 is 0 Å². The zero-order valence-corrected chi connectivity index (χ0v) is 14.2. The Hall–Kier alpha value is -2.96. The van der Waals surface area contributed by atoms with Gasteiger partial charge >= 0.3 is 11.9 Å². The van der Waals surface area contributed by atoms with Gasteiger partial charge < -0.3 is 20.4 Å². The number of carbonyl (C=O) groups is 2. The number of hydrogen-bond acceptors (Lipinski definition) is 4. The molecule has 26 heavy (non-hydrogen) atoms. The molecule has 0 saturated heterocycles. The minimum absolute atomic E-state index is 0.195. The topological polar surface area (TPSA) is 115 Å². The van der Waals surface area contributed by atoms with Crippen molar-refractivity contribution in [3.8, 4) is 0 Å². The van der Waals surface area contributed by atoms with Crippen LogP contribution in [0.2, 0.25) is 0 Å². The van der Waals surface area contributed by atoms with Gasteiger partial charge in [0, 0.05) is 13.2 Å². The van der Waals surface area contributed by atoms with Crippen molar-refractivity contribution in [1.29, 1.82) is 0 Å². The summed E-state index contributed by atoms with van der Waals surface area (Å²) in [6.07, 6.45) is 5.11. The maximum atomic E-state index is 10.7. The van der Waals surface area contributed by atoms with Gasteiger partial charge in [-0.05, 0) is 48.2 Å². The predicted molar refractivity (Wildman–Crippen MR) is 99.1 cm³/mol. The fraction of sp³-hybridized carbons (Fsp3) is 0.200. The second-order valence-corrected chi connectivity index (χ2v) is 5.34. The first kappa shape index (κ1) is 21.1. The van der Waals surface area contributed by atoms with Gasteiger partial charge in [-0.2, -0.15) is 0 Å². The smallest absolute Gasteiger partial charge is 0.335 e. The average molecular weight is 358 g/mol. The van der Waals surface area contributed by atoms with Crippen LogP contribution in [0.3, 0.4) is 0 Å². The molecular weight excluding hydrogens is 336 g/mol. The highest BCUT2D eigenvalue weighted by Crippen LogP contribution is 2.11. The van der Waals surface area contributed by atoms with Gasteiger partial charge in [0.05, 0.1) is 11.1 Å². The van der Waals surface area contributed by atoms with Crippen LogP contribution >= 0.6 is 0 Å². The molecule has 2 rings (SSSR count). The summed E-state index contributed by atoms with van der Waals surface area (Å²) >= 11 is 0. The summed E-state index contributed by atoms with van der Waals surface area (Å²) in [7, 11) is 0. The first-order valence-corrected chi connectivity index (χ1v) is 8.04. The molecule has 0 unspecified atom stereocenters. The van der Waals surface area contributed by atoms with Crippen molar-refractivity contribution in [2.45, 2.75) is 12.8 Å². The number of aliphatic hydroxyl groups excluding tert-OH is 2. The number of benzene rings is 2. The lowest BCUT2D eigenvalue weighted by atomic mass is 10.1. The normalized spacial score (nSPS) is 10.2. The van der Waals surface area contributed by atoms with Crippen molar-refractivity contribution >= 4 is 24.1 Å². The SMILES string of the molecule is O=C(O)c1ccc(C=Cc2ccc(C(=O)O)cc2)cc1.OCCCCO. The Kier molecular flexibility index (Phi) is 9.38. The van der Waals surface area contributed by atoms with Crippen molar-refractivity contribution < 1.29 is 30.0 Å². The van der Waals surface area contributed by atoms with Gasteiger partial charge in [-0.1, -0.05) is 36.4 Å². The van der Waals surface area contributed by atoms with Crippen LogP contribution in [-0.2, 0) is 0 Å². The van der Waals surface area contributed by atoms with Gasteiger partial charge in [-0.15, -0.1) is 0 Å². The summed E-state index contributed by atoms with van der Waals surface area (Å²) in [4.78, 5) is 21.4. The van der Waals surface area contributed by atoms with Crippen LogP contribution < -0.4 is 0 Å². The number of carboxylic acid groups (broad SMARTS) is 2. The van der Waals surface area contributed by atoms with Crippen LogP contribution in [0.5, 0.6) is 0 Å². The lowest BCUT2D eigenvalue weighted by Gasteiger charge is -1.97. The third-order valence-corrected chi connectivity index (χ3v) is 3.35. The first-order chi connectivity index (χ1) is 12.5. The standard InChI is InChI=1S/C16H12O4.C4H10O2/c17-15(18)13-7-3-11(4-8-13)1-2-12-5-9-14(10-6-12)16(19)20;5-3-1-2-4-6/h1-10H,(H,17,18)(H,19,20);5-6H,1-4H2. The molecule has 0 heterocycles. The van der Waals surface area contributed by atoms with E-state index in [0.717, 1.165) is 24.0 Å². The Labute approximate surface area is 151 Å². The number of hydrogen-bond donors (Lipinski definition) is 4. The van der Waals surface area contributed by atoms with Crippen LogP contribution in [0, 0.1) is 0 Å². The third kappa shape index (κ3) is 7.74. The van der Waals surface area contributed by atoms with Gasteiger partial charge in [0.25, 0.3) is 0 Å². The molecule has 0 aliphatic carbocycles. The van der Waals surface area contributed by atoms with E-state index in [0.29, 0.717) is 0 Å². The molecule has 2 aromatic carbocycles. The van der Waals surface area contributed by atoms with Crippen LogP contribution in [0.4, 0.5) is 0 Å². The molecule has 0 fully saturated rings. The van der Waals surface area contributed by atoms with Crippen molar-refractivity contribution in [1.82, 2.24) is 0 Å². The number of rotatable bonds is 7. The van der Waals surface area contributed by atoms with E-state index in [9.17, 15) is 9.59 Å². The Morgan fingerprint density at radius 3 is 1.19 bits per heavy atom. The van der Waals surface area contributed by atoms with E-state index in [-0.39, 0.29) is 24.3 Å². The van der Waals surface area contributed by atoms with E-state index in [4.69, 9.17) is 20.4 Å². The summed E-state index contributed by atoms with van der Waals surface area (Å²) in [5.41, 5.74) is 2.23. The predicted octanol–water partition coefficient (Wildman–Crippen LogP) is 3.00. The largest absolute Gasteiger partial charge is 0.478 e. The zero-order chi connectivity index (χ0) is 19.4. The van der Waals surface area contributed by atoms with Crippen LogP contribution in [0.1, 0.15) is 44.7 Å². The molecule has 2 aromatic rings. The van der Waals surface area contributed by atoms with E-state index in [1.807, 2.05) is 12.2 Å². The van der Waals surface area contributed by atoms with Crippen molar-refractivity contribution in [2.24, 2.45) is 0 Å². The van der Waals surface area contributed by atoms with Crippen LogP contribution in [0.25, 0.3) is 12.2 Å². The number of carboxylic acids is 2. The summed E-state index contributed by atoms with van der Waals surface area (Å²) in [5.74, 6) is -1.91. The molecule has 0 radical (unpaired) electrons. The molecule has 0 amide bonds. The van der Waals surface area contributed by atoms with Crippen LogP contribution in [0.15, 0.2) is 48.5 Å². The summed E-state index contributed by atoms with van der Waals surface area (Å²) in [6, 6.07) is 13.0. The van der Waals surface area contributed by atoms with Crippen molar-refractivity contribution in [3.05, 3.63) is 70.8 Å². The Morgan fingerprint density at radius 1 is 0.654 bits per heavy atom. The Bertz CT molecular complexity index is 653.